The fraction of sp³-hybridized carbons (Fsp3) is 0.343. The Kier molecular flexibility index (Phi) is 9.30. The fourth-order valence-corrected chi connectivity index (χ4v) is 5.84. The fourth-order valence-electron chi connectivity index (χ4n) is 5.84. The number of nitrogens with one attached hydrogen (secondary N) is 2. The molecule has 0 aliphatic heterocycles. The first-order valence-electron chi connectivity index (χ1n) is 15.5. The van der Waals surface area contributed by atoms with Gasteiger partial charge in [0.05, 0.1) is 19.2 Å². The van der Waals surface area contributed by atoms with Crippen LogP contribution in [0.15, 0.2) is 66.9 Å². The van der Waals surface area contributed by atoms with E-state index in [0.717, 1.165) is 56.0 Å². The largest absolute Gasteiger partial charge is 0.493 e. The third-order valence-electron chi connectivity index (χ3n) is 8.26. The van der Waals surface area contributed by atoms with Gasteiger partial charge < -0.3 is 35.3 Å². The average molecular weight is 611 g/mol. The number of carbonyl (C=O) groups is 2. The zero-order chi connectivity index (χ0) is 31.2. The molecule has 0 saturated heterocycles. The van der Waals surface area contributed by atoms with Crippen LogP contribution in [0.5, 0.6) is 23.0 Å². The van der Waals surface area contributed by atoms with Crippen molar-refractivity contribution in [3.63, 3.8) is 0 Å². The van der Waals surface area contributed by atoms with E-state index in [4.69, 9.17) is 24.7 Å². The monoisotopic (exact) mass is 610 g/mol. The summed E-state index contributed by atoms with van der Waals surface area (Å²) in [6.07, 6.45) is 9.23. The lowest BCUT2D eigenvalue weighted by molar-refractivity contribution is -0.150. The maximum absolute atomic E-state index is 12.6. The molecular formula is C35H38N4O6. The topological polar surface area (TPSA) is 134 Å². The number of amides is 2. The van der Waals surface area contributed by atoms with E-state index in [0.29, 0.717) is 40.6 Å². The van der Waals surface area contributed by atoms with Gasteiger partial charge in [-0.05, 0) is 105 Å². The number of hydrogen-bond acceptors (Lipinski definition) is 8. The molecule has 3 aromatic carbocycles. The second-order valence-electron chi connectivity index (χ2n) is 11.5. The van der Waals surface area contributed by atoms with Crippen LogP contribution in [0.2, 0.25) is 0 Å². The minimum atomic E-state index is -0.754. The second-order valence-corrected chi connectivity index (χ2v) is 11.5. The Hall–Kier alpha value is -4.83. The van der Waals surface area contributed by atoms with E-state index in [-0.39, 0.29) is 24.7 Å². The van der Waals surface area contributed by atoms with Crippen LogP contribution in [-0.2, 0) is 22.4 Å². The Morgan fingerprint density at radius 3 is 2.44 bits per heavy atom. The number of pyridine rings is 1. The van der Waals surface area contributed by atoms with Gasteiger partial charge in [0, 0.05) is 35.4 Å². The number of esters is 1. The number of ether oxygens (including phenoxy) is 4. The molecule has 0 radical (unpaired) electrons. The molecule has 0 spiro atoms. The zero-order valence-electron chi connectivity index (χ0n) is 25.3. The summed E-state index contributed by atoms with van der Waals surface area (Å²) >= 11 is 0. The number of fused-ring (bicyclic) bond motifs is 2. The summed E-state index contributed by atoms with van der Waals surface area (Å²) < 4.78 is 23.2. The maximum atomic E-state index is 12.6. The van der Waals surface area contributed by atoms with Gasteiger partial charge >= 0.3 is 12.0 Å². The van der Waals surface area contributed by atoms with Crippen LogP contribution in [0, 0.1) is 0 Å². The van der Waals surface area contributed by atoms with E-state index in [1.54, 1.807) is 55.8 Å². The molecule has 0 bridgehead atoms. The number of benzene rings is 3. The van der Waals surface area contributed by atoms with Crippen molar-refractivity contribution in [2.75, 3.05) is 24.4 Å². The molecule has 10 heteroatoms. The lowest BCUT2D eigenvalue weighted by Crippen LogP contribution is -2.35. The number of urea groups is 1. The molecule has 4 N–H and O–H groups in total. The lowest BCUT2D eigenvalue weighted by Gasteiger charge is -2.17. The van der Waals surface area contributed by atoms with Crippen molar-refractivity contribution in [1.82, 2.24) is 4.98 Å². The molecule has 4 aromatic rings. The summed E-state index contributed by atoms with van der Waals surface area (Å²) in [5.74, 6) is 1.76. The molecule has 2 amide bonds. The van der Waals surface area contributed by atoms with Gasteiger partial charge in [0.15, 0.2) is 11.5 Å². The number of methoxy groups -OCH3 is 1. The van der Waals surface area contributed by atoms with Crippen LogP contribution in [0.3, 0.4) is 0 Å². The Balaban J connectivity index is 1.06. The molecule has 1 fully saturated rings. The Morgan fingerprint density at radius 1 is 0.889 bits per heavy atom. The number of anilines is 2. The van der Waals surface area contributed by atoms with Crippen molar-refractivity contribution in [2.24, 2.45) is 5.73 Å². The van der Waals surface area contributed by atoms with Crippen LogP contribution >= 0.6 is 0 Å². The maximum Gasteiger partial charge on any atom is 0.323 e. The van der Waals surface area contributed by atoms with E-state index < -0.39 is 6.04 Å². The number of hydrogen-bond donors (Lipinski definition) is 3. The van der Waals surface area contributed by atoms with Gasteiger partial charge in [0.2, 0.25) is 0 Å². The van der Waals surface area contributed by atoms with Gasteiger partial charge in [0.25, 0.3) is 0 Å². The standard InChI is InChI=1S/C35H38N4O6/c1-42-32-20-28-30(21-33(32)43-18-16-29(36)34(40)45-26-7-2-3-8-26)37-17-15-31(28)44-27-13-11-24(12-14-27)38-35(41)39-25-10-9-22-5-4-6-23(22)19-25/h9-15,17,19-21,26,29H,2-8,16,18,36H2,1H3,(H2,38,39,41)/t29-/m0/s1. The first-order chi connectivity index (χ1) is 21.9. The van der Waals surface area contributed by atoms with E-state index >= 15 is 0 Å². The first kappa shape index (κ1) is 30.2. The first-order valence-corrected chi connectivity index (χ1v) is 15.5. The third kappa shape index (κ3) is 7.46. The summed E-state index contributed by atoms with van der Waals surface area (Å²) in [5, 5.41) is 6.51. The molecule has 2 aliphatic rings. The highest BCUT2D eigenvalue weighted by Gasteiger charge is 2.23. The van der Waals surface area contributed by atoms with Crippen LogP contribution in [0.4, 0.5) is 16.2 Å². The van der Waals surface area contributed by atoms with Crippen molar-refractivity contribution in [1.29, 1.82) is 0 Å². The minimum Gasteiger partial charge on any atom is -0.493 e. The molecule has 1 heterocycles. The quantitative estimate of drug-likeness (QED) is 0.159. The highest BCUT2D eigenvalue weighted by atomic mass is 16.5. The van der Waals surface area contributed by atoms with Crippen molar-refractivity contribution < 1.29 is 28.5 Å². The van der Waals surface area contributed by atoms with Gasteiger partial charge in [-0.3, -0.25) is 9.78 Å². The Labute approximate surface area is 262 Å². The number of nitrogens with zero attached hydrogens (tertiary/aromatic N) is 1. The van der Waals surface area contributed by atoms with Crippen molar-refractivity contribution in [2.45, 2.75) is 63.5 Å². The SMILES string of the molecule is COc1cc2c(Oc3ccc(NC(=O)Nc4ccc5c(c4)CCC5)cc3)ccnc2cc1OCC[C@H](N)C(=O)OC1CCCC1. The predicted octanol–water partition coefficient (Wildman–Crippen LogP) is 6.75. The molecule has 45 heavy (non-hydrogen) atoms. The number of rotatable bonds is 11. The van der Waals surface area contributed by atoms with E-state index in [2.05, 4.69) is 21.7 Å². The Bertz CT molecular complexity index is 1670. The zero-order valence-corrected chi connectivity index (χ0v) is 25.3. The van der Waals surface area contributed by atoms with Crippen LogP contribution < -0.4 is 30.6 Å². The minimum absolute atomic E-state index is 0.0195. The van der Waals surface area contributed by atoms with Crippen molar-refractivity contribution in [3.8, 4) is 23.0 Å². The Morgan fingerprint density at radius 2 is 1.64 bits per heavy atom. The van der Waals surface area contributed by atoms with Crippen LogP contribution in [-0.4, -0.2) is 42.8 Å². The predicted molar refractivity (Wildman–Crippen MR) is 172 cm³/mol. The van der Waals surface area contributed by atoms with E-state index in [1.807, 2.05) is 12.1 Å². The molecular weight excluding hydrogens is 572 g/mol. The second kappa shape index (κ2) is 13.9. The molecule has 1 saturated carbocycles. The summed E-state index contributed by atoms with van der Waals surface area (Å²) in [4.78, 5) is 29.4. The van der Waals surface area contributed by atoms with Gasteiger partial charge in [-0.2, -0.15) is 0 Å². The molecule has 6 rings (SSSR count). The summed E-state index contributed by atoms with van der Waals surface area (Å²) in [7, 11) is 1.56. The van der Waals surface area contributed by atoms with Gasteiger partial charge in [-0.25, -0.2) is 4.79 Å². The molecule has 1 atom stereocenters. The number of aryl methyl sites for hydroxylation is 2. The highest BCUT2D eigenvalue weighted by Crippen LogP contribution is 2.37. The summed E-state index contributed by atoms with van der Waals surface area (Å²) in [6, 6.07) is 17.5. The molecule has 234 valence electrons. The normalized spacial score (nSPS) is 14.9. The molecule has 10 nitrogen and oxygen atoms in total. The van der Waals surface area contributed by atoms with Crippen molar-refractivity contribution in [3.05, 3.63) is 78.0 Å². The van der Waals surface area contributed by atoms with Crippen molar-refractivity contribution >= 4 is 34.3 Å². The lowest BCUT2D eigenvalue weighted by atomic mass is 10.1. The molecule has 2 aliphatic carbocycles. The number of aromatic nitrogens is 1. The van der Waals surface area contributed by atoms with Crippen LogP contribution in [0.1, 0.15) is 49.7 Å². The van der Waals surface area contributed by atoms with Gasteiger partial charge in [0.1, 0.15) is 23.6 Å². The van der Waals surface area contributed by atoms with E-state index in [1.165, 1.54) is 11.1 Å². The average Bonchev–Trinajstić information content (AvgIpc) is 3.74. The smallest absolute Gasteiger partial charge is 0.323 e. The highest BCUT2D eigenvalue weighted by molar-refractivity contribution is 5.99. The van der Waals surface area contributed by atoms with Gasteiger partial charge in [-0.15, -0.1) is 0 Å². The summed E-state index contributed by atoms with van der Waals surface area (Å²) in [6.45, 7) is 0.213. The molecule has 1 aromatic heterocycles. The third-order valence-corrected chi connectivity index (χ3v) is 8.26. The van der Waals surface area contributed by atoms with Gasteiger partial charge in [-0.1, -0.05) is 6.07 Å². The number of nitrogens with two attached hydrogens (primary N) is 1. The summed E-state index contributed by atoms with van der Waals surface area (Å²) in [5.41, 5.74) is 10.8. The van der Waals surface area contributed by atoms with E-state index in [9.17, 15) is 9.59 Å². The number of carbonyl (C=O) groups excluding carboxylic acids is 2. The molecule has 0 unspecified atom stereocenters. The van der Waals surface area contributed by atoms with Crippen LogP contribution in [0.25, 0.3) is 10.9 Å².